The number of aldehydes is 1. The molecule has 10 heteroatoms. The van der Waals surface area contributed by atoms with E-state index < -0.39 is 0 Å². The summed E-state index contributed by atoms with van der Waals surface area (Å²) in [5.41, 5.74) is 10.9. The predicted molar refractivity (Wildman–Crippen MR) is 218 cm³/mol. The van der Waals surface area contributed by atoms with Crippen LogP contribution < -0.4 is 20.5 Å². The number of carbonyl (C=O) groups is 2. The van der Waals surface area contributed by atoms with E-state index >= 15 is 0 Å². The first-order valence-electron chi connectivity index (χ1n) is 19.1. The second-order valence-corrected chi connectivity index (χ2v) is 13.4. The van der Waals surface area contributed by atoms with Crippen molar-refractivity contribution in [3.8, 4) is 11.5 Å². The third-order valence-electron chi connectivity index (χ3n) is 9.61. The van der Waals surface area contributed by atoms with E-state index in [-0.39, 0.29) is 24.7 Å². The highest BCUT2D eigenvalue weighted by atomic mass is 16.5. The average Bonchev–Trinajstić information content (AvgIpc) is 3.98. The number of ketones is 1. The molecule has 4 atom stereocenters. The molecule has 5 aromatic rings. The average molecular weight is 745 g/mol. The molecule has 55 heavy (non-hydrogen) atoms. The lowest BCUT2D eigenvalue weighted by atomic mass is 10.0. The van der Waals surface area contributed by atoms with E-state index in [1.807, 2.05) is 73.9 Å². The highest BCUT2D eigenvalue weighted by molar-refractivity contribution is 5.94. The summed E-state index contributed by atoms with van der Waals surface area (Å²) < 4.78 is 10.2. The maximum atomic E-state index is 11.2. The van der Waals surface area contributed by atoms with Crippen LogP contribution in [0.15, 0.2) is 122 Å². The normalized spacial score (nSPS) is 17.1. The molecule has 0 unspecified atom stereocenters. The fourth-order valence-electron chi connectivity index (χ4n) is 6.49. The molecule has 10 nitrogen and oxygen atoms in total. The quantitative estimate of drug-likeness (QED) is 0.100. The van der Waals surface area contributed by atoms with E-state index in [2.05, 4.69) is 62.4 Å². The van der Waals surface area contributed by atoms with E-state index in [9.17, 15) is 9.59 Å². The SMILES string of the molecule is COc1ccc([C@H](C)N)cc1.COc1ccc([C@H](C)N2CCC[C@@H]2c2ccccn2)cc1.O=CCCC(=O)c1ccccn1.c1ccc([C@H]2CCCN2)nc1. The number of aromatic nitrogens is 3. The molecule has 2 saturated heterocycles. The van der Waals surface area contributed by atoms with E-state index in [0.717, 1.165) is 36.4 Å². The molecule has 0 spiro atoms. The molecule has 2 aliphatic heterocycles. The zero-order valence-corrected chi connectivity index (χ0v) is 32.6. The second kappa shape index (κ2) is 23.5. The number of Topliss-reactive ketones (excluding diaryl/α,β-unsaturated/α-hetero) is 1. The Balaban J connectivity index is 0.000000171. The van der Waals surface area contributed by atoms with Crippen LogP contribution in [0.4, 0.5) is 0 Å². The van der Waals surface area contributed by atoms with E-state index in [4.69, 9.17) is 15.2 Å². The van der Waals surface area contributed by atoms with Gasteiger partial charge in [-0.25, -0.2) is 0 Å². The molecule has 7 rings (SSSR count). The Bertz CT molecular complexity index is 1790. The van der Waals surface area contributed by atoms with Crippen LogP contribution in [0.3, 0.4) is 0 Å². The summed E-state index contributed by atoms with van der Waals surface area (Å²) in [5, 5.41) is 3.41. The van der Waals surface area contributed by atoms with Gasteiger partial charge in [-0.1, -0.05) is 42.5 Å². The molecular formula is C45H56N6O4. The predicted octanol–water partition coefficient (Wildman–Crippen LogP) is 8.45. The zero-order valence-electron chi connectivity index (χ0n) is 32.6. The largest absolute Gasteiger partial charge is 0.497 e. The van der Waals surface area contributed by atoms with E-state index in [0.29, 0.717) is 23.8 Å². The first-order chi connectivity index (χ1) is 26.8. The van der Waals surface area contributed by atoms with Crippen molar-refractivity contribution in [1.82, 2.24) is 25.2 Å². The molecule has 2 aromatic carbocycles. The molecule has 3 N–H and O–H groups in total. The topological polar surface area (TPSA) is 133 Å². The lowest BCUT2D eigenvalue weighted by molar-refractivity contribution is -0.107. The molecule has 0 amide bonds. The van der Waals surface area contributed by atoms with Crippen molar-refractivity contribution in [2.45, 2.75) is 76.5 Å². The summed E-state index contributed by atoms with van der Waals surface area (Å²) in [4.78, 5) is 36.4. The molecule has 2 aliphatic rings. The molecule has 290 valence electrons. The van der Waals surface area contributed by atoms with Crippen LogP contribution in [-0.4, -0.2) is 59.2 Å². The van der Waals surface area contributed by atoms with Crippen molar-refractivity contribution >= 4 is 12.1 Å². The monoisotopic (exact) mass is 744 g/mol. The maximum absolute atomic E-state index is 11.2. The summed E-state index contributed by atoms with van der Waals surface area (Å²) in [6.07, 6.45) is 11.5. The lowest BCUT2D eigenvalue weighted by Crippen LogP contribution is -2.27. The zero-order chi connectivity index (χ0) is 39.3. The minimum absolute atomic E-state index is 0.0808. The van der Waals surface area contributed by atoms with Gasteiger partial charge in [-0.3, -0.25) is 24.6 Å². The van der Waals surface area contributed by atoms with Crippen molar-refractivity contribution in [3.05, 3.63) is 150 Å². The van der Waals surface area contributed by atoms with Crippen LogP contribution in [-0.2, 0) is 4.79 Å². The van der Waals surface area contributed by atoms with Gasteiger partial charge < -0.3 is 25.3 Å². The van der Waals surface area contributed by atoms with Gasteiger partial charge in [0, 0.05) is 49.6 Å². The van der Waals surface area contributed by atoms with Crippen molar-refractivity contribution in [3.63, 3.8) is 0 Å². The molecule has 3 aromatic heterocycles. The van der Waals surface area contributed by atoms with Crippen molar-refractivity contribution in [1.29, 1.82) is 0 Å². The number of likely N-dealkylation sites (tertiary alicyclic amines) is 1. The number of pyridine rings is 3. The lowest BCUT2D eigenvalue weighted by Gasteiger charge is -2.30. The van der Waals surface area contributed by atoms with Gasteiger partial charge in [0.25, 0.3) is 0 Å². The van der Waals surface area contributed by atoms with Crippen LogP contribution >= 0.6 is 0 Å². The number of rotatable bonds is 11. The van der Waals surface area contributed by atoms with Gasteiger partial charge in [0.1, 0.15) is 23.5 Å². The number of methoxy groups -OCH3 is 2. The van der Waals surface area contributed by atoms with Crippen LogP contribution in [0.5, 0.6) is 11.5 Å². The first kappa shape index (κ1) is 42.5. The number of hydrogen-bond acceptors (Lipinski definition) is 10. The molecule has 5 heterocycles. The van der Waals surface area contributed by atoms with Crippen LogP contribution in [0.1, 0.15) is 110 Å². The van der Waals surface area contributed by atoms with Gasteiger partial charge in [-0.15, -0.1) is 0 Å². The molecule has 0 aliphatic carbocycles. The minimum Gasteiger partial charge on any atom is -0.497 e. The molecule has 0 saturated carbocycles. The summed E-state index contributed by atoms with van der Waals surface area (Å²) in [6.45, 7) is 6.51. The third kappa shape index (κ3) is 13.8. The van der Waals surface area contributed by atoms with Gasteiger partial charge in [0.05, 0.1) is 31.6 Å². The number of hydrogen-bond donors (Lipinski definition) is 2. The Labute approximate surface area is 326 Å². The van der Waals surface area contributed by atoms with Gasteiger partial charge >= 0.3 is 0 Å². The Morgan fingerprint density at radius 3 is 1.85 bits per heavy atom. The molecule has 2 fully saturated rings. The molecule has 0 bridgehead atoms. The Hall–Kier alpha value is -5.29. The van der Waals surface area contributed by atoms with E-state index in [1.54, 1.807) is 38.6 Å². The summed E-state index contributed by atoms with van der Waals surface area (Å²) in [7, 11) is 3.36. The first-order valence-corrected chi connectivity index (χ1v) is 19.1. The summed E-state index contributed by atoms with van der Waals surface area (Å²) >= 11 is 0. The van der Waals surface area contributed by atoms with Crippen molar-refractivity contribution in [2.24, 2.45) is 5.73 Å². The Morgan fingerprint density at radius 2 is 1.36 bits per heavy atom. The Morgan fingerprint density at radius 1 is 0.782 bits per heavy atom. The highest BCUT2D eigenvalue weighted by Gasteiger charge is 2.31. The van der Waals surface area contributed by atoms with Gasteiger partial charge in [0.15, 0.2) is 5.78 Å². The van der Waals surface area contributed by atoms with Crippen molar-refractivity contribution in [2.75, 3.05) is 27.3 Å². The second-order valence-electron chi connectivity index (χ2n) is 13.4. The van der Waals surface area contributed by atoms with Crippen LogP contribution in [0.25, 0.3) is 0 Å². The fourth-order valence-corrected chi connectivity index (χ4v) is 6.49. The van der Waals surface area contributed by atoms with Gasteiger partial charge in [0.2, 0.25) is 0 Å². The molecule has 0 radical (unpaired) electrons. The Kier molecular flexibility index (Phi) is 18.1. The number of nitrogens with two attached hydrogens (primary N) is 1. The third-order valence-corrected chi connectivity index (χ3v) is 9.61. The smallest absolute Gasteiger partial charge is 0.181 e. The highest BCUT2D eigenvalue weighted by Crippen LogP contribution is 2.37. The summed E-state index contributed by atoms with van der Waals surface area (Å²) in [6, 6.07) is 35.1. The van der Waals surface area contributed by atoms with Crippen LogP contribution in [0.2, 0.25) is 0 Å². The van der Waals surface area contributed by atoms with Crippen LogP contribution in [0, 0.1) is 0 Å². The number of carbonyl (C=O) groups excluding carboxylic acids is 2. The number of ether oxygens (including phenoxy) is 2. The standard InChI is InChI=1S/C18H22N2O.C9H12N2.C9H9NO2.C9H13NO/c1-14(15-8-10-16(21-2)11-9-15)20-13-5-7-18(20)17-6-3-4-12-19-17;1-2-6-10-8(4-1)9-5-3-7-11-9;11-7-3-5-9(12)8-4-1-2-6-10-8;1-7(10)8-3-5-9(11-2)6-4-8/h3-4,6,8-12,14,18H,5,7,13H2,1-2H3;1-2,4,6,9,11H,3,5,7H2;1-2,4,6-7H,3,5H2;3-7H,10H2,1-2H3/t14-,18+;9-;;7-/m01.0/s1. The van der Waals surface area contributed by atoms with Crippen molar-refractivity contribution < 1.29 is 19.1 Å². The number of benzene rings is 2. The number of nitrogens with one attached hydrogen (secondary N) is 1. The van der Waals surface area contributed by atoms with Gasteiger partial charge in [-0.05, 0) is 124 Å². The summed E-state index contributed by atoms with van der Waals surface area (Å²) in [5.74, 6) is 1.70. The van der Waals surface area contributed by atoms with Gasteiger partial charge in [-0.2, -0.15) is 0 Å². The van der Waals surface area contributed by atoms with E-state index in [1.165, 1.54) is 42.6 Å². The minimum atomic E-state index is -0.0808. The number of nitrogens with zero attached hydrogens (tertiary/aromatic N) is 4. The maximum Gasteiger partial charge on any atom is 0.181 e. The molecular weight excluding hydrogens is 689 g/mol. The fraction of sp³-hybridized carbons (Fsp3) is 0.356.